The summed E-state index contributed by atoms with van der Waals surface area (Å²) in [7, 11) is -0.121. The van der Waals surface area contributed by atoms with Crippen molar-refractivity contribution in [1.82, 2.24) is 4.90 Å². The fraction of sp³-hybridized carbons (Fsp3) is 0.448. The summed E-state index contributed by atoms with van der Waals surface area (Å²) in [5, 5.41) is 11.8. The van der Waals surface area contributed by atoms with Gasteiger partial charge in [-0.25, -0.2) is 13.6 Å². The Labute approximate surface area is 255 Å². The van der Waals surface area contributed by atoms with Gasteiger partial charge in [-0.1, -0.05) is 24.0 Å². The standard InChI is InChI=1S/C29H32F6N4O3S2/c1-39(2)19-10-8-18(9-11-19)38-24-6-3-5-21-22(16-28(30,31)32)26(43-27(21)24)7-4-14-37-23-13-12-20(44(36,40)41)15-25(23)42-17-29(33,34)35/h3,5-6,12-13,15,18-19,37-38H,8-11,14,16-17H2,1-2H3,(H2,36,40,41). The number of nitrogens with zero attached hydrogens (tertiary/aromatic N) is 1. The van der Waals surface area contributed by atoms with Gasteiger partial charge in [-0.05, 0) is 68.9 Å². The Morgan fingerprint density at radius 2 is 1.73 bits per heavy atom. The lowest BCUT2D eigenvalue weighted by Crippen LogP contribution is -2.36. The van der Waals surface area contributed by atoms with Crippen LogP contribution in [0.2, 0.25) is 0 Å². The second-order valence-corrected chi connectivity index (χ2v) is 13.3. The molecule has 4 N–H and O–H groups in total. The lowest BCUT2D eigenvalue weighted by molar-refractivity contribution is -0.153. The Bertz CT molecular complexity index is 1630. The van der Waals surface area contributed by atoms with Gasteiger partial charge in [0.25, 0.3) is 0 Å². The Balaban J connectivity index is 1.58. The molecule has 44 heavy (non-hydrogen) atoms. The van der Waals surface area contributed by atoms with Gasteiger partial charge in [0.15, 0.2) is 6.61 Å². The SMILES string of the molecule is CN(C)C1CCC(Nc2cccc3c(CC(F)(F)F)c(C#CCNc4ccc(S(N)(=O)=O)cc4OCC(F)(F)F)sc23)CC1. The first kappa shape index (κ1) is 33.7. The zero-order valence-electron chi connectivity index (χ0n) is 23.9. The number of hydrogen-bond donors (Lipinski definition) is 3. The number of fused-ring (bicyclic) bond motifs is 1. The average molecular weight is 663 g/mol. The molecule has 2 aromatic carbocycles. The van der Waals surface area contributed by atoms with E-state index in [0.717, 1.165) is 54.8 Å². The van der Waals surface area contributed by atoms with E-state index in [2.05, 4.69) is 41.5 Å². The van der Waals surface area contributed by atoms with E-state index in [1.54, 1.807) is 12.1 Å². The maximum Gasteiger partial charge on any atom is 0.422 e. The molecule has 0 bridgehead atoms. The fourth-order valence-electron chi connectivity index (χ4n) is 5.09. The van der Waals surface area contributed by atoms with E-state index in [1.807, 2.05) is 6.07 Å². The highest BCUT2D eigenvalue weighted by Crippen LogP contribution is 2.40. The lowest BCUT2D eigenvalue weighted by Gasteiger charge is -2.33. The van der Waals surface area contributed by atoms with Crippen LogP contribution in [0.3, 0.4) is 0 Å². The molecule has 1 saturated carbocycles. The molecular formula is C29H32F6N4O3S2. The number of ether oxygens (including phenoxy) is 1. The van der Waals surface area contributed by atoms with Crippen LogP contribution in [-0.4, -0.2) is 65.0 Å². The number of benzene rings is 2. The summed E-state index contributed by atoms with van der Waals surface area (Å²) in [6, 6.07) is 9.01. The van der Waals surface area contributed by atoms with Crippen LogP contribution < -0.4 is 20.5 Å². The molecule has 1 aliphatic carbocycles. The Morgan fingerprint density at radius 1 is 1.02 bits per heavy atom. The number of halogens is 6. The topological polar surface area (TPSA) is 96.7 Å². The number of primary sulfonamides is 1. The van der Waals surface area contributed by atoms with Crippen molar-refractivity contribution in [3.05, 3.63) is 46.8 Å². The summed E-state index contributed by atoms with van der Waals surface area (Å²) in [4.78, 5) is 1.97. The Morgan fingerprint density at radius 3 is 2.34 bits per heavy atom. The zero-order chi connectivity index (χ0) is 32.3. The van der Waals surface area contributed by atoms with E-state index >= 15 is 0 Å². The van der Waals surface area contributed by atoms with Crippen LogP contribution in [0, 0.1) is 11.8 Å². The highest BCUT2D eigenvalue weighted by molar-refractivity contribution is 7.89. The number of nitrogens with one attached hydrogen (secondary N) is 2. The predicted octanol–water partition coefficient (Wildman–Crippen LogP) is 6.34. The summed E-state index contributed by atoms with van der Waals surface area (Å²) in [5.41, 5.74) is 0.798. The number of thiophene rings is 1. The van der Waals surface area contributed by atoms with Gasteiger partial charge >= 0.3 is 12.4 Å². The molecule has 1 fully saturated rings. The first-order valence-corrected chi connectivity index (χ1v) is 16.0. The normalized spacial score (nSPS) is 17.8. The molecule has 0 unspecified atom stereocenters. The third kappa shape index (κ3) is 9.16. The molecule has 3 aromatic rings. The van der Waals surface area contributed by atoms with E-state index in [4.69, 9.17) is 9.88 Å². The summed E-state index contributed by atoms with van der Waals surface area (Å²) < 4.78 is 108. The summed E-state index contributed by atoms with van der Waals surface area (Å²) in [5.74, 6) is 5.10. The van der Waals surface area contributed by atoms with E-state index in [1.165, 1.54) is 6.07 Å². The number of rotatable bonds is 9. The minimum Gasteiger partial charge on any atom is -0.482 e. The monoisotopic (exact) mass is 662 g/mol. The van der Waals surface area contributed by atoms with E-state index < -0.39 is 46.0 Å². The van der Waals surface area contributed by atoms with Gasteiger partial charge in [0, 0.05) is 18.2 Å². The molecule has 1 heterocycles. The van der Waals surface area contributed by atoms with Gasteiger partial charge in [0.2, 0.25) is 10.0 Å². The molecule has 4 rings (SSSR count). The van der Waals surface area contributed by atoms with Gasteiger partial charge in [0.05, 0.1) is 38.8 Å². The largest absolute Gasteiger partial charge is 0.482 e. The van der Waals surface area contributed by atoms with E-state index in [0.29, 0.717) is 16.1 Å². The predicted molar refractivity (Wildman–Crippen MR) is 160 cm³/mol. The van der Waals surface area contributed by atoms with Crippen molar-refractivity contribution in [1.29, 1.82) is 0 Å². The quantitative estimate of drug-likeness (QED) is 0.183. The second-order valence-electron chi connectivity index (χ2n) is 10.8. The summed E-state index contributed by atoms with van der Waals surface area (Å²) in [6.07, 6.45) is -6.44. The summed E-state index contributed by atoms with van der Waals surface area (Å²) >= 11 is 1.15. The average Bonchev–Trinajstić information content (AvgIpc) is 3.26. The minimum absolute atomic E-state index is 0.00159. The van der Waals surface area contributed by atoms with Crippen LogP contribution >= 0.6 is 11.3 Å². The first-order valence-electron chi connectivity index (χ1n) is 13.6. The maximum absolute atomic E-state index is 13.6. The van der Waals surface area contributed by atoms with Crippen molar-refractivity contribution in [3.63, 3.8) is 0 Å². The van der Waals surface area contributed by atoms with Gasteiger partial charge in [-0.2, -0.15) is 26.3 Å². The van der Waals surface area contributed by atoms with Crippen LogP contribution in [0.4, 0.5) is 37.7 Å². The fourth-order valence-corrected chi connectivity index (χ4v) is 6.79. The molecule has 7 nitrogen and oxygen atoms in total. The molecule has 0 spiro atoms. The van der Waals surface area contributed by atoms with Gasteiger partial charge < -0.3 is 20.3 Å². The lowest BCUT2D eigenvalue weighted by atomic mass is 9.90. The van der Waals surface area contributed by atoms with Crippen molar-refractivity contribution in [3.8, 4) is 17.6 Å². The summed E-state index contributed by atoms with van der Waals surface area (Å²) in [6.45, 7) is -1.87. The second kappa shape index (κ2) is 13.4. The molecule has 0 amide bonds. The maximum atomic E-state index is 13.6. The van der Waals surface area contributed by atoms with E-state index in [9.17, 15) is 34.8 Å². The van der Waals surface area contributed by atoms with Crippen LogP contribution in [0.15, 0.2) is 41.3 Å². The third-order valence-electron chi connectivity index (χ3n) is 7.22. The van der Waals surface area contributed by atoms with Crippen molar-refractivity contribution >= 4 is 42.8 Å². The molecule has 15 heteroatoms. The highest BCUT2D eigenvalue weighted by atomic mass is 32.2. The molecule has 0 radical (unpaired) electrons. The third-order valence-corrected chi connectivity index (χ3v) is 9.33. The molecule has 1 aromatic heterocycles. The Hall–Kier alpha value is -3.19. The van der Waals surface area contributed by atoms with Gasteiger partial charge in [-0.15, -0.1) is 11.3 Å². The Kier molecular flexibility index (Phi) is 10.3. The van der Waals surface area contributed by atoms with Crippen molar-refractivity contribution in [2.45, 2.75) is 61.4 Å². The van der Waals surface area contributed by atoms with Crippen molar-refractivity contribution in [2.75, 3.05) is 37.9 Å². The first-order chi connectivity index (χ1) is 20.5. The molecule has 240 valence electrons. The van der Waals surface area contributed by atoms with Crippen molar-refractivity contribution < 1.29 is 39.5 Å². The van der Waals surface area contributed by atoms with Crippen LogP contribution in [0.1, 0.15) is 36.1 Å². The van der Waals surface area contributed by atoms with Crippen molar-refractivity contribution in [2.24, 2.45) is 5.14 Å². The number of nitrogens with two attached hydrogens (primary N) is 1. The minimum atomic E-state index is -4.69. The number of alkyl halides is 6. The zero-order valence-corrected chi connectivity index (χ0v) is 25.5. The van der Waals surface area contributed by atoms with Crippen LogP contribution in [-0.2, 0) is 16.4 Å². The number of anilines is 2. The molecular weight excluding hydrogens is 630 g/mol. The molecule has 0 saturated heterocycles. The van der Waals surface area contributed by atoms with E-state index in [-0.39, 0.29) is 28.7 Å². The van der Waals surface area contributed by atoms with Crippen LogP contribution in [0.5, 0.6) is 5.75 Å². The number of hydrogen-bond acceptors (Lipinski definition) is 7. The smallest absolute Gasteiger partial charge is 0.422 e. The molecule has 0 aliphatic heterocycles. The highest BCUT2D eigenvalue weighted by Gasteiger charge is 2.32. The number of sulfonamides is 1. The molecule has 0 atom stereocenters. The van der Waals surface area contributed by atoms with Crippen LogP contribution in [0.25, 0.3) is 10.1 Å². The molecule has 1 aliphatic rings. The van der Waals surface area contributed by atoms with Gasteiger partial charge in [0.1, 0.15) is 5.75 Å². The van der Waals surface area contributed by atoms with Gasteiger partial charge in [-0.3, -0.25) is 0 Å².